The van der Waals surface area contributed by atoms with Crippen LogP contribution in [0.1, 0.15) is 40.5 Å². The van der Waals surface area contributed by atoms with Crippen molar-refractivity contribution < 1.29 is 14.3 Å². The molecule has 4 rings (SSSR count). The quantitative estimate of drug-likeness (QED) is 0.281. The minimum atomic E-state index is -0.325. The number of piperazine rings is 1. The minimum Gasteiger partial charge on any atom is -0.494 e. The van der Waals surface area contributed by atoms with Crippen molar-refractivity contribution in [3.63, 3.8) is 0 Å². The van der Waals surface area contributed by atoms with Gasteiger partial charge in [-0.2, -0.15) is 0 Å². The fraction of sp³-hybridized carbons (Fsp3) is 0.276. The Hall–Kier alpha value is -3.62. The SMILES string of the molecule is CCCCOc1cccc(C(=O)NC(=S)Nc2ccc(N3CCN(C(=O)c4ccccc4)CC3)c(Cl)c2)c1. The lowest BCUT2D eigenvalue weighted by Crippen LogP contribution is -2.48. The number of unbranched alkanes of at least 4 members (excludes halogenated alkanes) is 1. The molecule has 0 unspecified atom stereocenters. The summed E-state index contributed by atoms with van der Waals surface area (Å²) < 4.78 is 5.68. The molecule has 1 aliphatic rings. The Morgan fingerprint density at radius 3 is 2.39 bits per heavy atom. The van der Waals surface area contributed by atoms with Gasteiger partial charge in [0.05, 0.1) is 17.3 Å². The molecule has 38 heavy (non-hydrogen) atoms. The van der Waals surface area contributed by atoms with Crippen LogP contribution in [-0.2, 0) is 0 Å². The highest BCUT2D eigenvalue weighted by molar-refractivity contribution is 7.80. The molecule has 0 aromatic heterocycles. The number of hydrogen-bond donors (Lipinski definition) is 2. The molecule has 198 valence electrons. The Labute approximate surface area is 233 Å². The van der Waals surface area contributed by atoms with E-state index in [9.17, 15) is 9.59 Å². The van der Waals surface area contributed by atoms with Crippen molar-refractivity contribution in [2.24, 2.45) is 0 Å². The van der Waals surface area contributed by atoms with Crippen LogP contribution in [0, 0.1) is 0 Å². The van der Waals surface area contributed by atoms with E-state index in [1.807, 2.05) is 53.4 Å². The summed E-state index contributed by atoms with van der Waals surface area (Å²) in [5.74, 6) is 0.369. The number of halogens is 1. The lowest BCUT2D eigenvalue weighted by molar-refractivity contribution is 0.0746. The molecule has 0 radical (unpaired) electrons. The van der Waals surface area contributed by atoms with Crippen LogP contribution in [0.4, 0.5) is 11.4 Å². The number of nitrogens with zero attached hydrogens (tertiary/aromatic N) is 2. The molecule has 2 N–H and O–H groups in total. The van der Waals surface area contributed by atoms with Gasteiger partial charge in [-0.05, 0) is 67.2 Å². The number of thiocarbonyl (C=S) groups is 1. The summed E-state index contributed by atoms with van der Waals surface area (Å²) in [7, 11) is 0. The van der Waals surface area contributed by atoms with E-state index in [-0.39, 0.29) is 16.9 Å². The van der Waals surface area contributed by atoms with Gasteiger partial charge in [0, 0.05) is 43.0 Å². The Balaban J connectivity index is 1.29. The van der Waals surface area contributed by atoms with Crippen LogP contribution in [0.25, 0.3) is 0 Å². The van der Waals surface area contributed by atoms with Gasteiger partial charge in [-0.3, -0.25) is 14.9 Å². The van der Waals surface area contributed by atoms with Crippen molar-refractivity contribution in [1.82, 2.24) is 10.2 Å². The molecule has 2 amide bonds. The van der Waals surface area contributed by atoms with Crippen molar-refractivity contribution in [1.29, 1.82) is 0 Å². The monoisotopic (exact) mass is 550 g/mol. The first kappa shape index (κ1) is 27.4. The number of rotatable bonds is 8. The first-order valence-corrected chi connectivity index (χ1v) is 13.5. The molecule has 7 nitrogen and oxygen atoms in total. The predicted molar refractivity (Wildman–Crippen MR) is 157 cm³/mol. The lowest BCUT2D eigenvalue weighted by atomic mass is 10.1. The highest BCUT2D eigenvalue weighted by Gasteiger charge is 2.23. The van der Waals surface area contributed by atoms with E-state index in [1.165, 1.54) is 0 Å². The van der Waals surface area contributed by atoms with Crippen LogP contribution in [0.3, 0.4) is 0 Å². The molecule has 0 atom stereocenters. The Morgan fingerprint density at radius 2 is 1.68 bits per heavy atom. The van der Waals surface area contributed by atoms with Gasteiger partial charge in [0.25, 0.3) is 11.8 Å². The summed E-state index contributed by atoms with van der Waals surface area (Å²) in [6.07, 6.45) is 1.99. The first-order chi connectivity index (χ1) is 18.4. The Bertz CT molecular complexity index is 1280. The van der Waals surface area contributed by atoms with E-state index in [0.717, 1.165) is 18.5 Å². The average molecular weight is 551 g/mol. The zero-order valence-corrected chi connectivity index (χ0v) is 22.9. The zero-order chi connectivity index (χ0) is 26.9. The van der Waals surface area contributed by atoms with Gasteiger partial charge in [0.15, 0.2) is 5.11 Å². The molecule has 1 heterocycles. The van der Waals surface area contributed by atoms with E-state index in [1.54, 1.807) is 24.3 Å². The molecule has 3 aromatic carbocycles. The summed E-state index contributed by atoms with van der Waals surface area (Å²) >= 11 is 11.9. The number of anilines is 2. The molecular weight excluding hydrogens is 520 g/mol. The summed E-state index contributed by atoms with van der Waals surface area (Å²) in [4.78, 5) is 29.4. The van der Waals surface area contributed by atoms with Gasteiger partial charge >= 0.3 is 0 Å². The smallest absolute Gasteiger partial charge is 0.257 e. The molecular formula is C29H31ClN4O3S. The summed E-state index contributed by atoms with van der Waals surface area (Å²) in [5.41, 5.74) is 2.71. The number of amides is 2. The van der Waals surface area contributed by atoms with E-state index in [4.69, 9.17) is 28.6 Å². The van der Waals surface area contributed by atoms with Gasteiger partial charge < -0.3 is 19.9 Å². The first-order valence-electron chi connectivity index (χ1n) is 12.7. The van der Waals surface area contributed by atoms with Gasteiger partial charge in [-0.15, -0.1) is 0 Å². The van der Waals surface area contributed by atoms with E-state index >= 15 is 0 Å². The highest BCUT2D eigenvalue weighted by Crippen LogP contribution is 2.30. The topological polar surface area (TPSA) is 73.9 Å². The number of carbonyl (C=O) groups excluding carboxylic acids is 2. The third-order valence-electron chi connectivity index (χ3n) is 6.22. The standard InChI is InChI=1S/C29H31ClN4O3S/c1-2-3-18-37-24-11-7-10-22(19-24)27(35)32-29(38)31-23-12-13-26(25(30)20-23)33-14-16-34(17-15-33)28(36)21-8-5-4-6-9-21/h4-13,19-20H,2-3,14-18H2,1H3,(H2,31,32,35,38). The number of benzene rings is 3. The molecule has 9 heteroatoms. The van der Waals surface area contributed by atoms with Crippen LogP contribution in [-0.4, -0.2) is 54.6 Å². The van der Waals surface area contributed by atoms with Gasteiger partial charge in [-0.25, -0.2) is 0 Å². The van der Waals surface area contributed by atoms with Gasteiger partial charge in [0.1, 0.15) is 5.75 Å². The fourth-order valence-electron chi connectivity index (χ4n) is 4.15. The summed E-state index contributed by atoms with van der Waals surface area (Å²) in [6, 6.07) is 21.9. The fourth-order valence-corrected chi connectivity index (χ4v) is 4.66. The van der Waals surface area contributed by atoms with Crippen LogP contribution in [0.5, 0.6) is 5.75 Å². The van der Waals surface area contributed by atoms with Crippen molar-refractivity contribution in [3.05, 3.63) is 88.9 Å². The van der Waals surface area contributed by atoms with Crippen molar-refractivity contribution in [2.45, 2.75) is 19.8 Å². The van der Waals surface area contributed by atoms with Crippen LogP contribution >= 0.6 is 23.8 Å². The molecule has 0 saturated carbocycles. The lowest BCUT2D eigenvalue weighted by Gasteiger charge is -2.36. The maximum atomic E-state index is 12.7. The summed E-state index contributed by atoms with van der Waals surface area (Å²) in [5, 5.41) is 6.45. The second kappa shape index (κ2) is 13.3. The Kier molecular flexibility index (Phi) is 9.56. The van der Waals surface area contributed by atoms with E-state index in [0.29, 0.717) is 60.4 Å². The molecule has 1 saturated heterocycles. The normalized spacial score (nSPS) is 13.1. The summed E-state index contributed by atoms with van der Waals surface area (Å²) in [6.45, 7) is 5.30. The van der Waals surface area contributed by atoms with Crippen LogP contribution < -0.4 is 20.3 Å². The van der Waals surface area contributed by atoms with Crippen molar-refractivity contribution in [3.8, 4) is 5.75 Å². The van der Waals surface area contributed by atoms with Crippen LogP contribution in [0.2, 0.25) is 5.02 Å². The molecule has 0 aliphatic carbocycles. The van der Waals surface area contributed by atoms with Crippen molar-refractivity contribution >= 4 is 52.1 Å². The van der Waals surface area contributed by atoms with Gasteiger partial charge in [-0.1, -0.05) is 49.2 Å². The van der Waals surface area contributed by atoms with Gasteiger partial charge in [0.2, 0.25) is 0 Å². The molecule has 1 fully saturated rings. The molecule has 3 aromatic rings. The minimum absolute atomic E-state index is 0.0437. The second-order valence-electron chi connectivity index (χ2n) is 8.95. The number of carbonyl (C=O) groups is 2. The second-order valence-corrected chi connectivity index (χ2v) is 9.77. The number of ether oxygens (including phenoxy) is 1. The molecule has 0 bridgehead atoms. The Morgan fingerprint density at radius 1 is 0.947 bits per heavy atom. The number of nitrogens with one attached hydrogen (secondary N) is 2. The average Bonchev–Trinajstić information content (AvgIpc) is 2.93. The zero-order valence-electron chi connectivity index (χ0n) is 21.3. The maximum Gasteiger partial charge on any atom is 0.257 e. The molecule has 0 spiro atoms. The van der Waals surface area contributed by atoms with Crippen molar-refractivity contribution in [2.75, 3.05) is 43.0 Å². The highest BCUT2D eigenvalue weighted by atomic mass is 35.5. The largest absolute Gasteiger partial charge is 0.494 e. The van der Waals surface area contributed by atoms with Crippen LogP contribution in [0.15, 0.2) is 72.8 Å². The maximum absolute atomic E-state index is 12.7. The third-order valence-corrected chi connectivity index (χ3v) is 6.73. The predicted octanol–water partition coefficient (Wildman–Crippen LogP) is 5.61. The molecule has 1 aliphatic heterocycles. The number of hydrogen-bond acceptors (Lipinski definition) is 5. The third kappa shape index (κ3) is 7.24. The van der Waals surface area contributed by atoms with E-state index < -0.39 is 0 Å². The van der Waals surface area contributed by atoms with E-state index in [2.05, 4.69) is 22.5 Å².